The molecule has 200 valence electrons. The molecule has 0 radical (unpaired) electrons. The van der Waals surface area contributed by atoms with E-state index in [9.17, 15) is 13.2 Å². The Balaban J connectivity index is 1.35. The third-order valence-electron chi connectivity index (χ3n) is 7.18. The first-order valence-electron chi connectivity index (χ1n) is 12.5. The van der Waals surface area contributed by atoms with E-state index in [2.05, 4.69) is 30.1 Å². The second-order valence-electron chi connectivity index (χ2n) is 9.83. The highest BCUT2D eigenvalue weighted by molar-refractivity contribution is 7.91. The summed E-state index contributed by atoms with van der Waals surface area (Å²) in [6, 6.07) is 10.8. The van der Waals surface area contributed by atoms with Gasteiger partial charge >= 0.3 is 0 Å². The van der Waals surface area contributed by atoms with Crippen LogP contribution in [0.1, 0.15) is 37.1 Å². The lowest BCUT2D eigenvalue weighted by Crippen LogP contribution is -2.42. The van der Waals surface area contributed by atoms with E-state index in [1.54, 1.807) is 28.7 Å². The number of thiazole rings is 1. The van der Waals surface area contributed by atoms with E-state index in [-0.39, 0.29) is 10.1 Å². The van der Waals surface area contributed by atoms with Crippen molar-refractivity contribution in [2.75, 3.05) is 18.4 Å². The van der Waals surface area contributed by atoms with Crippen LogP contribution in [0.3, 0.4) is 0 Å². The monoisotopic (exact) mass is 606 g/mol. The quantitative estimate of drug-likeness (QED) is 0.279. The van der Waals surface area contributed by atoms with Crippen molar-refractivity contribution in [1.82, 2.24) is 14.2 Å². The van der Waals surface area contributed by atoms with Crippen molar-refractivity contribution in [3.63, 3.8) is 0 Å². The molecule has 5 heterocycles. The normalized spacial score (nSPS) is 18.9. The Morgan fingerprint density at radius 2 is 1.95 bits per heavy atom. The molecule has 6 rings (SSSR count). The molecule has 2 aliphatic heterocycles. The number of nitrogens with zero attached hydrogens (tertiary/aromatic N) is 3. The van der Waals surface area contributed by atoms with Crippen LogP contribution in [0, 0.1) is 0 Å². The molecule has 1 aromatic carbocycles. The summed E-state index contributed by atoms with van der Waals surface area (Å²) in [5.74, 6) is -0.296. The van der Waals surface area contributed by atoms with Crippen LogP contribution in [-0.2, 0) is 27.8 Å². The molecule has 12 heteroatoms. The third-order valence-corrected chi connectivity index (χ3v) is 13.0. The van der Waals surface area contributed by atoms with Crippen LogP contribution >= 0.6 is 45.6 Å². The number of rotatable bonds is 6. The van der Waals surface area contributed by atoms with Gasteiger partial charge in [-0.2, -0.15) is 4.31 Å². The van der Waals surface area contributed by atoms with Crippen molar-refractivity contribution in [3.8, 4) is 10.6 Å². The fourth-order valence-corrected chi connectivity index (χ4v) is 10.8. The highest BCUT2D eigenvalue weighted by Crippen LogP contribution is 2.46. The Morgan fingerprint density at radius 3 is 2.68 bits per heavy atom. The summed E-state index contributed by atoms with van der Waals surface area (Å²) in [5.41, 5.74) is 3.16. The van der Waals surface area contributed by atoms with Crippen molar-refractivity contribution in [2.24, 2.45) is 0 Å². The molecule has 7 nitrogen and oxygen atoms in total. The molecule has 2 aliphatic rings. The number of nitrogens with one attached hydrogen (secondary N) is 1. The number of aromatic nitrogens is 1. The lowest BCUT2D eigenvalue weighted by molar-refractivity contribution is -0.119. The lowest BCUT2D eigenvalue weighted by atomic mass is 10.0. The molecule has 3 aromatic heterocycles. The average Bonchev–Trinajstić information content (AvgIpc) is 3.67. The topological polar surface area (TPSA) is 82.6 Å². The smallest absolute Gasteiger partial charge is 0.253 e. The number of benzene rings is 1. The average molecular weight is 607 g/mol. The molecule has 1 amide bonds. The number of para-hydroxylation sites is 1. The minimum atomic E-state index is -3.81. The number of carbonyl (C=O) groups excluding carboxylic acids is 1. The second kappa shape index (κ2) is 10.3. The van der Waals surface area contributed by atoms with E-state index in [4.69, 9.17) is 16.6 Å². The fourth-order valence-electron chi connectivity index (χ4n) is 5.19. The SMILES string of the molecule is CC(C)N1CCc2c(sc(NC(=O)C3CCCN3S(=O)(=O)c3ccc(Cl)s3)c2-c2nc3ccccc3s2)C1. The standard InChI is InChI=1S/C26H27ClN4O3S4/c1-15(2)30-13-11-16-20(14-30)36-26(23(16)25-28-17-6-3-4-8-19(17)35-25)29-24(32)18-7-5-12-31(18)38(33,34)22-10-9-21(27)37-22/h3-4,6,8-10,15,18H,5,7,11-14H2,1-2H3,(H,29,32). The number of fused-ring (bicyclic) bond motifs is 2. The summed E-state index contributed by atoms with van der Waals surface area (Å²) in [6.45, 7) is 6.49. The van der Waals surface area contributed by atoms with E-state index < -0.39 is 16.1 Å². The number of amides is 1. The molecular weight excluding hydrogens is 580 g/mol. The zero-order valence-electron chi connectivity index (χ0n) is 20.9. The zero-order valence-corrected chi connectivity index (χ0v) is 25.0. The summed E-state index contributed by atoms with van der Waals surface area (Å²) >= 11 is 10.2. The van der Waals surface area contributed by atoms with E-state index >= 15 is 0 Å². The summed E-state index contributed by atoms with van der Waals surface area (Å²) in [7, 11) is -3.81. The highest BCUT2D eigenvalue weighted by Gasteiger charge is 2.41. The molecule has 1 unspecified atom stereocenters. The van der Waals surface area contributed by atoms with Gasteiger partial charge in [0, 0.05) is 36.1 Å². The molecule has 38 heavy (non-hydrogen) atoms. The van der Waals surface area contributed by atoms with Gasteiger partial charge in [-0.15, -0.1) is 34.0 Å². The molecule has 1 atom stereocenters. The predicted molar refractivity (Wildman–Crippen MR) is 157 cm³/mol. The van der Waals surface area contributed by atoms with E-state index in [1.165, 1.54) is 20.8 Å². The first kappa shape index (κ1) is 26.4. The molecule has 1 N–H and O–H groups in total. The highest BCUT2D eigenvalue weighted by atomic mass is 35.5. The van der Waals surface area contributed by atoms with Gasteiger partial charge in [0.1, 0.15) is 20.3 Å². The van der Waals surface area contributed by atoms with Crippen LogP contribution in [0.4, 0.5) is 5.00 Å². The Kier molecular flexibility index (Phi) is 7.13. The maximum atomic E-state index is 13.7. The number of thiophene rings is 2. The summed E-state index contributed by atoms with van der Waals surface area (Å²) < 4.78 is 29.7. The van der Waals surface area contributed by atoms with E-state index in [0.717, 1.165) is 56.6 Å². The van der Waals surface area contributed by atoms with Crippen LogP contribution in [0.15, 0.2) is 40.6 Å². The van der Waals surface area contributed by atoms with Gasteiger partial charge in [-0.1, -0.05) is 23.7 Å². The number of hydrogen-bond acceptors (Lipinski definition) is 8. The Hall–Kier alpha value is -1.86. The van der Waals surface area contributed by atoms with Crippen molar-refractivity contribution >= 4 is 76.8 Å². The van der Waals surface area contributed by atoms with E-state index in [0.29, 0.717) is 29.8 Å². The number of anilines is 1. The fraction of sp³-hybridized carbons (Fsp3) is 0.385. The number of sulfonamides is 1. The third kappa shape index (κ3) is 4.72. The van der Waals surface area contributed by atoms with Crippen LogP contribution in [0.5, 0.6) is 0 Å². The minimum absolute atomic E-state index is 0.165. The van der Waals surface area contributed by atoms with Crippen molar-refractivity contribution in [1.29, 1.82) is 0 Å². The second-order valence-corrected chi connectivity index (χ2v) is 15.8. The van der Waals surface area contributed by atoms with Gasteiger partial charge < -0.3 is 5.32 Å². The van der Waals surface area contributed by atoms with Gasteiger partial charge in [0.05, 0.1) is 14.6 Å². The van der Waals surface area contributed by atoms with Gasteiger partial charge in [0.25, 0.3) is 10.0 Å². The molecule has 0 bridgehead atoms. The molecule has 0 aliphatic carbocycles. The first-order chi connectivity index (χ1) is 18.2. The Bertz CT molecular complexity index is 1590. The zero-order chi connectivity index (χ0) is 26.6. The van der Waals surface area contributed by atoms with Gasteiger partial charge in [-0.05, 0) is 62.9 Å². The Labute approximate surface area is 239 Å². The maximum Gasteiger partial charge on any atom is 0.253 e. The molecule has 1 fully saturated rings. The number of halogens is 1. The minimum Gasteiger partial charge on any atom is -0.316 e. The molecule has 1 saturated heterocycles. The largest absolute Gasteiger partial charge is 0.316 e. The molecular formula is C26H27ClN4O3S4. The van der Waals surface area contributed by atoms with E-state index in [1.807, 2.05) is 18.2 Å². The van der Waals surface area contributed by atoms with Crippen LogP contribution in [-0.4, -0.2) is 53.7 Å². The maximum absolute atomic E-state index is 13.7. The van der Waals surface area contributed by atoms with Crippen molar-refractivity contribution < 1.29 is 13.2 Å². The summed E-state index contributed by atoms with van der Waals surface area (Å²) in [6.07, 6.45) is 1.99. The van der Waals surface area contributed by atoms with Crippen LogP contribution in [0.2, 0.25) is 4.34 Å². The van der Waals surface area contributed by atoms with Gasteiger partial charge in [0.2, 0.25) is 5.91 Å². The number of carbonyl (C=O) groups is 1. The van der Waals surface area contributed by atoms with Crippen LogP contribution < -0.4 is 5.32 Å². The Morgan fingerprint density at radius 1 is 1.13 bits per heavy atom. The van der Waals surface area contributed by atoms with Gasteiger partial charge in [0.15, 0.2) is 0 Å². The van der Waals surface area contributed by atoms with Gasteiger partial charge in [-0.25, -0.2) is 13.4 Å². The lowest BCUT2D eigenvalue weighted by Gasteiger charge is -2.30. The molecule has 4 aromatic rings. The summed E-state index contributed by atoms with van der Waals surface area (Å²) in [5, 5.41) is 4.80. The molecule has 0 spiro atoms. The summed E-state index contributed by atoms with van der Waals surface area (Å²) in [4.78, 5) is 22.3. The number of hydrogen-bond donors (Lipinski definition) is 1. The predicted octanol–water partition coefficient (Wildman–Crippen LogP) is 6.30. The molecule has 0 saturated carbocycles. The van der Waals surface area contributed by atoms with Crippen molar-refractivity contribution in [2.45, 2.75) is 55.9 Å². The first-order valence-corrected chi connectivity index (χ1v) is 16.8. The van der Waals surface area contributed by atoms with Gasteiger partial charge in [-0.3, -0.25) is 9.69 Å². The van der Waals surface area contributed by atoms with Crippen LogP contribution in [0.25, 0.3) is 20.8 Å². The van der Waals surface area contributed by atoms with Crippen molar-refractivity contribution in [3.05, 3.63) is 51.2 Å².